The van der Waals surface area contributed by atoms with Crippen LogP contribution in [0, 0.1) is 0 Å². The maximum absolute atomic E-state index is 10.6. The normalized spacial score (nSPS) is 9.27. The molecule has 0 aromatic carbocycles. The first-order valence-electron chi connectivity index (χ1n) is 3.06. The average Bonchev–Trinajstić information content (AvgIpc) is 1.87. The van der Waals surface area contributed by atoms with Crippen molar-refractivity contribution in [3.8, 4) is 0 Å². The van der Waals surface area contributed by atoms with Gasteiger partial charge in [0, 0.05) is 5.88 Å². The van der Waals surface area contributed by atoms with E-state index < -0.39 is 11.2 Å². The lowest BCUT2D eigenvalue weighted by molar-refractivity contribution is -0.143. The largest absolute Gasteiger partial charge is 0.465 e. The Morgan fingerprint density at radius 2 is 1.91 bits per heavy atom. The summed E-state index contributed by atoms with van der Waals surface area (Å²) in [4.78, 5) is 20.7. The van der Waals surface area contributed by atoms with Crippen LogP contribution in [0.5, 0.6) is 0 Å². The van der Waals surface area contributed by atoms with E-state index in [9.17, 15) is 9.59 Å². The van der Waals surface area contributed by atoms with Crippen LogP contribution in [0.2, 0.25) is 0 Å². The van der Waals surface area contributed by atoms with Crippen molar-refractivity contribution in [2.24, 2.45) is 0 Å². The van der Waals surface area contributed by atoms with Gasteiger partial charge in [-0.25, -0.2) is 0 Å². The summed E-state index contributed by atoms with van der Waals surface area (Å²) < 4.78 is 4.56. The molecule has 0 radical (unpaired) electrons. The number of hydrogen-bond acceptors (Lipinski definition) is 3. The van der Waals surface area contributed by atoms with Crippen molar-refractivity contribution in [3.05, 3.63) is 0 Å². The molecule has 0 aliphatic rings. The number of carbonyl (C=O) groups is 2. The van der Waals surface area contributed by atoms with Crippen LogP contribution in [0.1, 0.15) is 12.8 Å². The Bertz CT molecular complexity index is 147. The summed E-state index contributed by atoms with van der Waals surface area (Å²) in [6.45, 7) is 0.0397. The number of esters is 1. The summed E-state index contributed by atoms with van der Waals surface area (Å²) in [5.74, 6) is -0.175. The number of alkyl halides is 1. The third-order valence-corrected chi connectivity index (χ3v) is 1.24. The van der Waals surface area contributed by atoms with Gasteiger partial charge in [-0.2, -0.15) is 0 Å². The maximum atomic E-state index is 10.6. The molecule has 11 heavy (non-hydrogen) atoms. The summed E-state index contributed by atoms with van der Waals surface area (Å²) in [5.41, 5.74) is 0. The van der Waals surface area contributed by atoms with Gasteiger partial charge in [0.15, 0.2) is 0 Å². The van der Waals surface area contributed by atoms with E-state index in [0.717, 1.165) is 0 Å². The minimum absolute atomic E-state index is 0.0397. The second-order valence-corrected chi connectivity index (χ2v) is 2.56. The molecule has 0 saturated carbocycles. The van der Waals surface area contributed by atoms with Crippen LogP contribution in [-0.4, -0.2) is 23.7 Å². The highest BCUT2D eigenvalue weighted by Crippen LogP contribution is 1.93. The number of rotatable bonds is 5. The Labute approximate surface area is 74.6 Å². The van der Waals surface area contributed by atoms with Gasteiger partial charge in [0.25, 0.3) is 0 Å². The zero-order valence-corrected chi connectivity index (χ0v) is 7.32. The van der Waals surface area contributed by atoms with E-state index in [1.54, 1.807) is 0 Å². The molecule has 0 aromatic heterocycles. The van der Waals surface area contributed by atoms with E-state index in [0.29, 0.717) is 0 Å². The second-order valence-electron chi connectivity index (χ2n) is 1.76. The predicted octanol–water partition coefficient (Wildman–Crippen LogP) is 1.31. The third kappa shape index (κ3) is 7.62. The molecule has 5 heteroatoms. The average molecular weight is 199 g/mol. The van der Waals surface area contributed by atoms with Crippen LogP contribution in [0.3, 0.4) is 0 Å². The molecule has 0 aliphatic carbocycles. The molecule has 0 amide bonds. The molecule has 0 unspecified atom stereocenters. The fourth-order valence-electron chi connectivity index (χ4n) is 0.394. The molecular formula is C6H8Cl2O3. The van der Waals surface area contributed by atoms with Crippen LogP contribution >= 0.6 is 23.2 Å². The van der Waals surface area contributed by atoms with E-state index in [-0.39, 0.29) is 25.3 Å². The molecule has 0 bridgehead atoms. The van der Waals surface area contributed by atoms with Gasteiger partial charge in [-0.15, -0.1) is 11.6 Å². The van der Waals surface area contributed by atoms with Crippen LogP contribution in [0.25, 0.3) is 0 Å². The Morgan fingerprint density at radius 3 is 2.36 bits per heavy atom. The third-order valence-electron chi connectivity index (χ3n) is 0.860. The van der Waals surface area contributed by atoms with Gasteiger partial charge in [-0.1, -0.05) is 0 Å². The standard InChI is InChI=1S/C6H8Cl2O3/c7-3-1-6(10)11-4-2-5(8)9/h1-4H2. The van der Waals surface area contributed by atoms with E-state index in [1.165, 1.54) is 0 Å². The fraction of sp³-hybridized carbons (Fsp3) is 0.667. The van der Waals surface area contributed by atoms with E-state index >= 15 is 0 Å². The summed E-state index contributed by atoms with van der Waals surface area (Å²) >= 11 is 10.2. The first kappa shape index (κ1) is 10.7. The van der Waals surface area contributed by atoms with Gasteiger partial charge >= 0.3 is 5.97 Å². The van der Waals surface area contributed by atoms with Crippen LogP contribution < -0.4 is 0 Å². The molecule has 0 rings (SSSR count). The van der Waals surface area contributed by atoms with Gasteiger partial charge in [0.05, 0.1) is 19.4 Å². The minimum atomic E-state index is -0.510. The lowest BCUT2D eigenvalue weighted by Crippen LogP contribution is -2.07. The van der Waals surface area contributed by atoms with Crippen LogP contribution in [0.15, 0.2) is 0 Å². The zero-order valence-electron chi connectivity index (χ0n) is 5.81. The SMILES string of the molecule is O=C(Cl)CCOC(=O)CCCl. The summed E-state index contributed by atoms with van der Waals surface area (Å²) in [7, 11) is 0. The molecule has 0 fully saturated rings. The second kappa shape index (κ2) is 6.43. The number of ether oxygens (including phenoxy) is 1. The van der Waals surface area contributed by atoms with Gasteiger partial charge in [0.2, 0.25) is 5.24 Å². The van der Waals surface area contributed by atoms with Crippen molar-refractivity contribution in [1.29, 1.82) is 0 Å². The van der Waals surface area contributed by atoms with Crippen molar-refractivity contribution < 1.29 is 14.3 Å². The Kier molecular flexibility index (Phi) is 6.27. The summed E-state index contributed by atoms with van der Waals surface area (Å²) in [6.07, 6.45) is 0.216. The molecule has 0 spiro atoms. The minimum Gasteiger partial charge on any atom is -0.465 e. The Morgan fingerprint density at radius 1 is 1.27 bits per heavy atom. The summed E-state index contributed by atoms with van der Waals surface area (Å²) in [6, 6.07) is 0. The molecule has 64 valence electrons. The topological polar surface area (TPSA) is 43.4 Å². The van der Waals surface area contributed by atoms with Crippen LogP contribution in [0.4, 0.5) is 0 Å². The predicted molar refractivity (Wildman–Crippen MR) is 41.8 cm³/mol. The van der Waals surface area contributed by atoms with Crippen molar-refractivity contribution in [3.63, 3.8) is 0 Å². The molecule has 0 N–H and O–H groups in total. The highest BCUT2D eigenvalue weighted by molar-refractivity contribution is 6.63. The van der Waals surface area contributed by atoms with Gasteiger partial charge < -0.3 is 4.74 Å². The molecule has 0 aromatic rings. The van der Waals surface area contributed by atoms with Crippen molar-refractivity contribution in [2.45, 2.75) is 12.8 Å². The van der Waals surface area contributed by atoms with E-state index in [1.807, 2.05) is 0 Å². The van der Waals surface area contributed by atoms with Crippen molar-refractivity contribution in [1.82, 2.24) is 0 Å². The van der Waals surface area contributed by atoms with Crippen molar-refractivity contribution >= 4 is 34.4 Å². The molecule has 0 aliphatic heterocycles. The molecule has 0 saturated heterocycles. The first-order valence-corrected chi connectivity index (χ1v) is 3.98. The van der Waals surface area contributed by atoms with Crippen molar-refractivity contribution in [2.75, 3.05) is 12.5 Å². The molecule has 0 atom stereocenters. The van der Waals surface area contributed by atoms with Gasteiger partial charge in [0.1, 0.15) is 0 Å². The van der Waals surface area contributed by atoms with E-state index in [2.05, 4.69) is 4.74 Å². The highest BCUT2D eigenvalue weighted by atomic mass is 35.5. The summed E-state index contributed by atoms with van der Waals surface area (Å²) in [5, 5.41) is -0.510. The van der Waals surface area contributed by atoms with Gasteiger partial charge in [-0.3, -0.25) is 9.59 Å². The quantitative estimate of drug-likeness (QED) is 0.381. The fourth-order valence-corrected chi connectivity index (χ4v) is 0.626. The lowest BCUT2D eigenvalue weighted by Gasteiger charge is -1.99. The molecule has 3 nitrogen and oxygen atoms in total. The Hall–Kier alpha value is -0.280. The van der Waals surface area contributed by atoms with E-state index in [4.69, 9.17) is 23.2 Å². The number of hydrogen-bond donors (Lipinski definition) is 0. The highest BCUT2D eigenvalue weighted by Gasteiger charge is 2.02. The van der Waals surface area contributed by atoms with Crippen LogP contribution in [-0.2, 0) is 14.3 Å². The molecule has 0 heterocycles. The Balaban J connectivity index is 3.24. The number of carbonyl (C=O) groups excluding carboxylic acids is 2. The van der Waals surface area contributed by atoms with Gasteiger partial charge in [-0.05, 0) is 11.6 Å². The first-order chi connectivity index (χ1) is 5.16. The lowest BCUT2D eigenvalue weighted by atomic mass is 10.5. The monoisotopic (exact) mass is 198 g/mol. The zero-order chi connectivity index (χ0) is 8.69. The molecular weight excluding hydrogens is 191 g/mol. The smallest absolute Gasteiger partial charge is 0.307 e. The number of halogens is 2. The maximum Gasteiger partial charge on any atom is 0.307 e.